The van der Waals surface area contributed by atoms with Gasteiger partial charge in [-0.05, 0) is 37.7 Å². The third-order valence-corrected chi connectivity index (χ3v) is 2.70. The van der Waals surface area contributed by atoms with Crippen molar-refractivity contribution in [3.05, 3.63) is 30.0 Å². The van der Waals surface area contributed by atoms with Crippen molar-refractivity contribution >= 4 is 16.6 Å². The molecule has 2 rings (SSSR count). The lowest BCUT2D eigenvalue weighted by atomic mass is 10.1. The fourth-order valence-corrected chi connectivity index (χ4v) is 1.98. The van der Waals surface area contributed by atoms with Crippen LogP contribution in [0.2, 0.25) is 0 Å². The van der Waals surface area contributed by atoms with Gasteiger partial charge in [-0.1, -0.05) is 0 Å². The number of hydrogen-bond acceptors (Lipinski definition) is 2. The molecule has 3 nitrogen and oxygen atoms in total. The summed E-state index contributed by atoms with van der Waals surface area (Å²) >= 11 is 0. The van der Waals surface area contributed by atoms with Crippen molar-refractivity contribution < 1.29 is 0 Å². The molecule has 2 aromatic rings. The lowest BCUT2D eigenvalue weighted by Crippen LogP contribution is -2.04. The first-order valence-corrected chi connectivity index (χ1v) is 5.28. The average molecular weight is 203 g/mol. The quantitative estimate of drug-likeness (QED) is 0.749. The van der Waals surface area contributed by atoms with Gasteiger partial charge in [0.05, 0.1) is 0 Å². The van der Waals surface area contributed by atoms with E-state index < -0.39 is 0 Å². The van der Waals surface area contributed by atoms with Gasteiger partial charge in [0.2, 0.25) is 0 Å². The summed E-state index contributed by atoms with van der Waals surface area (Å²) in [6.45, 7) is 4.02. The summed E-state index contributed by atoms with van der Waals surface area (Å²) < 4.78 is 2.25. The molecule has 15 heavy (non-hydrogen) atoms. The molecule has 0 aliphatic heterocycles. The molecule has 0 aliphatic carbocycles. The van der Waals surface area contributed by atoms with Gasteiger partial charge in [-0.15, -0.1) is 0 Å². The van der Waals surface area contributed by atoms with Crippen molar-refractivity contribution in [1.82, 2.24) is 9.88 Å². The number of nitrogens with zero attached hydrogens (tertiary/aromatic N) is 1. The minimum Gasteiger partial charge on any atom is -0.399 e. The van der Waals surface area contributed by atoms with E-state index in [1.807, 2.05) is 19.2 Å². The summed E-state index contributed by atoms with van der Waals surface area (Å²) in [5.74, 6) is 0. The van der Waals surface area contributed by atoms with Crippen molar-refractivity contribution in [2.75, 3.05) is 12.8 Å². The molecule has 80 valence electrons. The zero-order chi connectivity index (χ0) is 10.8. The van der Waals surface area contributed by atoms with E-state index in [4.69, 9.17) is 5.73 Å². The van der Waals surface area contributed by atoms with E-state index >= 15 is 0 Å². The van der Waals surface area contributed by atoms with Crippen molar-refractivity contribution in [3.63, 3.8) is 0 Å². The molecule has 0 fully saturated rings. The van der Waals surface area contributed by atoms with E-state index in [1.165, 1.54) is 16.5 Å². The van der Waals surface area contributed by atoms with Crippen LogP contribution in [0.15, 0.2) is 24.4 Å². The van der Waals surface area contributed by atoms with Crippen LogP contribution in [0.4, 0.5) is 5.69 Å². The van der Waals surface area contributed by atoms with Crippen molar-refractivity contribution in [3.8, 4) is 0 Å². The maximum Gasteiger partial charge on any atom is 0.0485 e. The topological polar surface area (TPSA) is 43.0 Å². The Hall–Kier alpha value is -1.48. The van der Waals surface area contributed by atoms with Gasteiger partial charge in [-0.2, -0.15) is 0 Å². The third kappa shape index (κ3) is 1.70. The van der Waals surface area contributed by atoms with Crippen LogP contribution in [0.1, 0.15) is 12.5 Å². The van der Waals surface area contributed by atoms with Crippen LogP contribution in [0.25, 0.3) is 10.9 Å². The van der Waals surface area contributed by atoms with E-state index in [0.29, 0.717) is 0 Å². The molecule has 1 aromatic heterocycles. The largest absolute Gasteiger partial charge is 0.399 e. The molecular formula is C12H17N3. The summed E-state index contributed by atoms with van der Waals surface area (Å²) in [7, 11) is 1.96. The van der Waals surface area contributed by atoms with Crippen molar-refractivity contribution in [2.45, 2.75) is 20.0 Å². The fourth-order valence-electron chi connectivity index (χ4n) is 1.98. The zero-order valence-corrected chi connectivity index (χ0v) is 9.25. The number of rotatable bonds is 3. The standard InChI is InChI=1S/C12H17N3/c1-3-15-8-9(7-14-2)11-6-10(13)4-5-12(11)15/h4-6,8,14H,3,7,13H2,1-2H3. The van der Waals surface area contributed by atoms with Crippen LogP contribution in [-0.4, -0.2) is 11.6 Å². The number of anilines is 1. The Morgan fingerprint density at radius 2 is 2.20 bits per heavy atom. The summed E-state index contributed by atoms with van der Waals surface area (Å²) in [6, 6.07) is 6.10. The highest BCUT2D eigenvalue weighted by molar-refractivity contribution is 5.86. The molecule has 0 amide bonds. The summed E-state index contributed by atoms with van der Waals surface area (Å²) in [5.41, 5.74) is 9.21. The van der Waals surface area contributed by atoms with Crippen LogP contribution in [0.3, 0.4) is 0 Å². The Kier molecular flexibility index (Phi) is 2.64. The maximum absolute atomic E-state index is 5.81. The first kappa shape index (κ1) is 10.1. The smallest absolute Gasteiger partial charge is 0.0485 e. The minimum atomic E-state index is 0.828. The van der Waals surface area contributed by atoms with E-state index in [2.05, 4.69) is 29.1 Å². The Balaban J connectivity index is 2.64. The van der Waals surface area contributed by atoms with Crippen LogP contribution < -0.4 is 11.1 Å². The monoisotopic (exact) mass is 203 g/mol. The Morgan fingerprint density at radius 3 is 2.87 bits per heavy atom. The number of fused-ring (bicyclic) bond motifs is 1. The highest BCUT2D eigenvalue weighted by Crippen LogP contribution is 2.23. The number of hydrogen-bond donors (Lipinski definition) is 2. The van der Waals surface area contributed by atoms with Gasteiger partial charge in [0.15, 0.2) is 0 Å². The Morgan fingerprint density at radius 1 is 1.40 bits per heavy atom. The number of nitrogen functional groups attached to an aromatic ring is 1. The van der Waals surface area contributed by atoms with E-state index in [0.717, 1.165) is 18.8 Å². The van der Waals surface area contributed by atoms with Crippen LogP contribution in [0, 0.1) is 0 Å². The SMILES string of the molecule is CCn1cc(CNC)c2cc(N)ccc21. The van der Waals surface area contributed by atoms with Crippen molar-refractivity contribution in [2.24, 2.45) is 0 Å². The molecule has 0 saturated carbocycles. The van der Waals surface area contributed by atoms with Gasteiger partial charge in [0.1, 0.15) is 0 Å². The number of nitrogens with two attached hydrogens (primary N) is 1. The van der Waals surface area contributed by atoms with Crippen molar-refractivity contribution in [1.29, 1.82) is 0 Å². The molecule has 0 radical (unpaired) electrons. The van der Waals surface area contributed by atoms with Gasteiger partial charge in [-0.25, -0.2) is 0 Å². The summed E-state index contributed by atoms with van der Waals surface area (Å²) in [6.07, 6.45) is 2.20. The number of benzene rings is 1. The first-order chi connectivity index (χ1) is 7.26. The molecule has 0 unspecified atom stereocenters. The molecule has 0 aliphatic rings. The Bertz CT molecular complexity index is 471. The Labute approximate surface area is 89.9 Å². The number of aromatic nitrogens is 1. The highest BCUT2D eigenvalue weighted by atomic mass is 15.0. The third-order valence-electron chi connectivity index (χ3n) is 2.70. The van der Waals surface area contributed by atoms with E-state index in [1.54, 1.807) is 0 Å². The van der Waals surface area contributed by atoms with Gasteiger partial charge in [0.25, 0.3) is 0 Å². The molecular weight excluding hydrogens is 186 g/mol. The first-order valence-electron chi connectivity index (χ1n) is 5.28. The number of nitrogens with one attached hydrogen (secondary N) is 1. The maximum atomic E-state index is 5.81. The molecule has 3 N–H and O–H groups in total. The van der Waals surface area contributed by atoms with Crippen LogP contribution in [-0.2, 0) is 13.1 Å². The van der Waals surface area contributed by atoms with Gasteiger partial charge in [0, 0.05) is 35.9 Å². The second-order valence-corrected chi connectivity index (χ2v) is 3.75. The second-order valence-electron chi connectivity index (χ2n) is 3.75. The van der Waals surface area contributed by atoms with Gasteiger partial charge < -0.3 is 15.6 Å². The number of aryl methyl sites for hydroxylation is 1. The van der Waals surface area contributed by atoms with E-state index in [9.17, 15) is 0 Å². The van der Waals surface area contributed by atoms with Gasteiger partial charge in [-0.3, -0.25) is 0 Å². The van der Waals surface area contributed by atoms with Gasteiger partial charge >= 0.3 is 0 Å². The molecule has 0 bridgehead atoms. The highest BCUT2D eigenvalue weighted by Gasteiger charge is 2.06. The predicted molar refractivity (Wildman–Crippen MR) is 64.8 cm³/mol. The van der Waals surface area contributed by atoms with Crippen LogP contribution in [0.5, 0.6) is 0 Å². The summed E-state index contributed by atoms with van der Waals surface area (Å²) in [5, 5.41) is 4.43. The molecule has 3 heteroatoms. The molecule has 0 spiro atoms. The zero-order valence-electron chi connectivity index (χ0n) is 9.25. The predicted octanol–water partition coefficient (Wildman–Crippen LogP) is 1.96. The molecule has 0 saturated heterocycles. The summed E-state index contributed by atoms with van der Waals surface area (Å²) in [4.78, 5) is 0. The second kappa shape index (κ2) is 3.95. The average Bonchev–Trinajstić information content (AvgIpc) is 2.57. The minimum absolute atomic E-state index is 0.828. The lowest BCUT2D eigenvalue weighted by Gasteiger charge is -2.00. The molecule has 0 atom stereocenters. The van der Waals surface area contributed by atoms with E-state index in [-0.39, 0.29) is 0 Å². The van der Waals surface area contributed by atoms with Crippen LogP contribution >= 0.6 is 0 Å². The molecule has 1 heterocycles. The lowest BCUT2D eigenvalue weighted by molar-refractivity contribution is 0.775. The fraction of sp³-hybridized carbons (Fsp3) is 0.333. The molecule has 1 aromatic carbocycles. The normalized spacial score (nSPS) is 11.1.